The van der Waals surface area contributed by atoms with Gasteiger partial charge >= 0.3 is 6.61 Å². The van der Waals surface area contributed by atoms with Crippen molar-refractivity contribution in [1.29, 1.82) is 0 Å². The highest BCUT2D eigenvalue weighted by molar-refractivity contribution is 8.02. The number of hydrogen-bond acceptors (Lipinski definition) is 7. The van der Waals surface area contributed by atoms with E-state index < -0.39 is 11.9 Å². The van der Waals surface area contributed by atoms with Gasteiger partial charge in [-0.1, -0.05) is 53.4 Å². The number of aromatic nitrogens is 2. The molecule has 0 aliphatic rings. The molecule has 9 heteroatoms. The molecule has 3 rings (SSSR count). The van der Waals surface area contributed by atoms with Crippen molar-refractivity contribution < 1.29 is 18.3 Å². The molecule has 1 aromatic heterocycles. The van der Waals surface area contributed by atoms with Gasteiger partial charge in [0.15, 0.2) is 10.1 Å². The third-order valence-electron chi connectivity index (χ3n) is 3.70. The Hall–Kier alpha value is -2.52. The number of halogens is 2. The van der Waals surface area contributed by atoms with Crippen LogP contribution in [0.2, 0.25) is 0 Å². The highest BCUT2D eigenvalue weighted by atomic mass is 32.2. The highest BCUT2D eigenvalue weighted by Gasteiger charge is 2.19. The molecule has 1 N–H and O–H groups in total. The Kier molecular flexibility index (Phi) is 6.94. The maximum Gasteiger partial charge on any atom is 0.387 e. The number of hydrogen-bond donors (Lipinski definition) is 1. The molecule has 1 atom stereocenters. The molecule has 0 fully saturated rings. The van der Waals surface area contributed by atoms with Crippen LogP contribution in [0.4, 0.5) is 13.9 Å². The van der Waals surface area contributed by atoms with Crippen molar-refractivity contribution in [3.05, 3.63) is 65.7 Å². The molecule has 3 aromatic rings. The van der Waals surface area contributed by atoms with Gasteiger partial charge in [0.1, 0.15) is 5.75 Å². The number of ketones is 1. The van der Waals surface area contributed by atoms with E-state index in [0.29, 0.717) is 21.6 Å². The van der Waals surface area contributed by atoms with E-state index in [-0.39, 0.29) is 11.5 Å². The van der Waals surface area contributed by atoms with Crippen molar-refractivity contribution in [1.82, 2.24) is 10.2 Å². The number of Topliss-reactive ketones (excluding diaryl/α,β-unsaturated/α-hetero) is 1. The summed E-state index contributed by atoms with van der Waals surface area (Å²) in [7, 11) is 0. The largest absolute Gasteiger partial charge is 0.435 e. The minimum Gasteiger partial charge on any atom is -0.435 e. The van der Waals surface area contributed by atoms with Gasteiger partial charge in [-0.25, -0.2) is 0 Å². The third kappa shape index (κ3) is 5.74. The van der Waals surface area contributed by atoms with Crippen LogP contribution in [0.3, 0.4) is 0 Å². The van der Waals surface area contributed by atoms with Crippen molar-refractivity contribution in [3.63, 3.8) is 0 Å². The van der Waals surface area contributed by atoms with Gasteiger partial charge in [-0.15, -0.1) is 10.2 Å². The van der Waals surface area contributed by atoms with Gasteiger partial charge < -0.3 is 10.1 Å². The van der Waals surface area contributed by atoms with E-state index in [2.05, 4.69) is 20.3 Å². The number of anilines is 1. The van der Waals surface area contributed by atoms with Gasteiger partial charge in [0.2, 0.25) is 5.13 Å². The molecule has 0 saturated carbocycles. The Bertz CT molecular complexity index is 905. The lowest BCUT2D eigenvalue weighted by Crippen LogP contribution is -2.13. The monoisotopic (exact) mass is 421 g/mol. The predicted octanol–water partition coefficient (Wildman–Crippen LogP) is 5.12. The molecular weight excluding hydrogens is 404 g/mol. The molecule has 0 radical (unpaired) electrons. The molecule has 0 aliphatic heterocycles. The van der Waals surface area contributed by atoms with Crippen LogP contribution in [-0.4, -0.2) is 27.8 Å². The van der Waals surface area contributed by atoms with E-state index in [9.17, 15) is 13.6 Å². The number of carbonyl (C=O) groups excluding carboxylic acids is 1. The van der Waals surface area contributed by atoms with Crippen LogP contribution in [0.25, 0.3) is 0 Å². The first kappa shape index (κ1) is 20.2. The molecule has 5 nitrogen and oxygen atoms in total. The molecule has 0 amide bonds. The van der Waals surface area contributed by atoms with Crippen LogP contribution >= 0.6 is 23.1 Å². The summed E-state index contributed by atoms with van der Waals surface area (Å²) in [6, 6.07) is 15.6. The van der Waals surface area contributed by atoms with Crippen LogP contribution in [0.15, 0.2) is 58.9 Å². The van der Waals surface area contributed by atoms with Gasteiger partial charge in [-0.3, -0.25) is 4.79 Å². The van der Waals surface area contributed by atoms with Gasteiger partial charge in [-0.2, -0.15) is 8.78 Å². The first-order chi connectivity index (χ1) is 13.5. The highest BCUT2D eigenvalue weighted by Crippen LogP contribution is 2.31. The Balaban J connectivity index is 1.54. The minimum atomic E-state index is -2.89. The minimum absolute atomic E-state index is 0.0186. The Labute approximate surface area is 169 Å². The maximum absolute atomic E-state index is 12.5. The first-order valence-corrected chi connectivity index (χ1v) is 10.1. The van der Waals surface area contributed by atoms with Crippen molar-refractivity contribution in [3.8, 4) is 5.75 Å². The molecular formula is C19H17F2N3O2S2. The van der Waals surface area contributed by atoms with E-state index in [4.69, 9.17) is 0 Å². The lowest BCUT2D eigenvalue weighted by molar-refractivity contribution is -0.0498. The molecule has 28 heavy (non-hydrogen) atoms. The number of thioether (sulfide) groups is 1. The smallest absolute Gasteiger partial charge is 0.387 e. The number of nitrogens with zero attached hydrogens (tertiary/aromatic N) is 2. The van der Waals surface area contributed by atoms with Gasteiger partial charge in [-0.05, 0) is 36.8 Å². The second-order valence-electron chi connectivity index (χ2n) is 5.74. The standard InChI is InChI=1S/C19H17F2N3O2S2/c1-12(16(25)14-7-9-15(10-8-14)26-17(20)21)27-19-24-23-18(28-19)22-11-13-5-3-2-4-6-13/h2-10,12,17H,11H2,1H3,(H,22,23)/t12-/m1/s1. The summed E-state index contributed by atoms with van der Waals surface area (Å²) in [4.78, 5) is 12.5. The Morgan fingerprint density at radius 1 is 1.14 bits per heavy atom. The van der Waals surface area contributed by atoms with Crippen LogP contribution in [0.1, 0.15) is 22.8 Å². The number of nitrogens with one attached hydrogen (secondary N) is 1. The SMILES string of the molecule is C[C@@H](Sc1nnc(NCc2ccccc2)s1)C(=O)c1ccc(OC(F)F)cc1. The molecule has 0 unspecified atom stereocenters. The number of carbonyl (C=O) groups is 1. The van der Waals surface area contributed by atoms with Gasteiger partial charge in [0.25, 0.3) is 0 Å². The summed E-state index contributed by atoms with van der Waals surface area (Å²) in [6.07, 6.45) is 0. The van der Waals surface area contributed by atoms with E-state index in [1.807, 2.05) is 30.3 Å². The summed E-state index contributed by atoms with van der Waals surface area (Å²) >= 11 is 2.68. The molecule has 1 heterocycles. The van der Waals surface area contributed by atoms with Crippen molar-refractivity contribution >= 4 is 34.0 Å². The van der Waals surface area contributed by atoms with Crippen molar-refractivity contribution in [2.24, 2.45) is 0 Å². The van der Waals surface area contributed by atoms with E-state index >= 15 is 0 Å². The average molecular weight is 421 g/mol. The molecule has 0 saturated heterocycles. The molecule has 0 spiro atoms. The predicted molar refractivity (Wildman–Crippen MR) is 106 cm³/mol. The second kappa shape index (κ2) is 9.61. The zero-order valence-electron chi connectivity index (χ0n) is 14.8. The van der Waals surface area contributed by atoms with Crippen LogP contribution < -0.4 is 10.1 Å². The molecule has 0 aliphatic carbocycles. The van der Waals surface area contributed by atoms with E-state index in [1.165, 1.54) is 47.4 Å². The summed E-state index contributed by atoms with van der Waals surface area (Å²) in [5.74, 6) is -0.104. The zero-order chi connectivity index (χ0) is 19.9. The van der Waals surface area contributed by atoms with Gasteiger partial charge in [0.05, 0.1) is 5.25 Å². The number of ether oxygens (including phenoxy) is 1. The lowest BCUT2D eigenvalue weighted by Gasteiger charge is -2.09. The molecule has 2 aromatic carbocycles. The number of rotatable bonds is 9. The van der Waals surface area contributed by atoms with E-state index in [0.717, 1.165) is 5.56 Å². The fourth-order valence-corrected chi connectivity index (χ4v) is 4.31. The lowest BCUT2D eigenvalue weighted by atomic mass is 10.1. The number of benzene rings is 2. The van der Waals surface area contributed by atoms with Crippen LogP contribution in [0.5, 0.6) is 5.75 Å². The summed E-state index contributed by atoms with van der Waals surface area (Å²) in [5, 5.41) is 11.7. The summed E-state index contributed by atoms with van der Waals surface area (Å²) < 4.78 is 29.4. The van der Waals surface area contributed by atoms with Gasteiger partial charge in [0, 0.05) is 12.1 Å². The normalized spacial score (nSPS) is 12.0. The fourth-order valence-electron chi connectivity index (χ4n) is 2.34. The summed E-state index contributed by atoms with van der Waals surface area (Å²) in [5.41, 5.74) is 1.56. The second-order valence-corrected chi connectivity index (χ2v) is 8.30. The third-order valence-corrected chi connectivity index (χ3v) is 5.77. The van der Waals surface area contributed by atoms with Crippen molar-refractivity contribution in [2.45, 2.75) is 29.7 Å². The summed E-state index contributed by atoms with van der Waals surface area (Å²) in [6.45, 7) is -0.477. The zero-order valence-corrected chi connectivity index (χ0v) is 16.5. The van der Waals surface area contributed by atoms with Crippen LogP contribution in [0, 0.1) is 0 Å². The van der Waals surface area contributed by atoms with E-state index in [1.54, 1.807) is 6.92 Å². The average Bonchev–Trinajstić information content (AvgIpc) is 3.14. The topological polar surface area (TPSA) is 64.1 Å². The molecule has 146 valence electrons. The quantitative estimate of drug-likeness (QED) is 0.382. The fraction of sp³-hybridized carbons (Fsp3) is 0.211. The van der Waals surface area contributed by atoms with Crippen LogP contribution in [-0.2, 0) is 6.54 Å². The Morgan fingerprint density at radius 3 is 2.54 bits per heavy atom. The maximum atomic E-state index is 12.5. The molecule has 0 bridgehead atoms. The van der Waals surface area contributed by atoms with Crippen molar-refractivity contribution in [2.75, 3.05) is 5.32 Å². The Morgan fingerprint density at radius 2 is 1.86 bits per heavy atom. The first-order valence-electron chi connectivity index (χ1n) is 8.38. The number of alkyl halides is 2.